The van der Waals surface area contributed by atoms with E-state index < -0.39 is 5.97 Å². The number of amides is 2. The van der Waals surface area contributed by atoms with Crippen molar-refractivity contribution in [2.75, 3.05) is 11.9 Å². The average Bonchev–Trinajstić information content (AvgIpc) is 2.53. The molecule has 0 atom stereocenters. The van der Waals surface area contributed by atoms with Gasteiger partial charge in [-0.2, -0.15) is 0 Å². The number of benzene rings is 1. The molecule has 0 aliphatic carbocycles. The van der Waals surface area contributed by atoms with Gasteiger partial charge in [0.05, 0.1) is 6.61 Å². The van der Waals surface area contributed by atoms with Crippen LogP contribution in [0.25, 0.3) is 0 Å². The van der Waals surface area contributed by atoms with Gasteiger partial charge in [0.2, 0.25) is 5.91 Å². The summed E-state index contributed by atoms with van der Waals surface area (Å²) in [6.45, 7) is 5.38. The van der Waals surface area contributed by atoms with E-state index in [-0.39, 0.29) is 18.4 Å². The van der Waals surface area contributed by atoms with Crippen molar-refractivity contribution in [3.8, 4) is 0 Å². The minimum absolute atomic E-state index is 0.0939. The lowest BCUT2D eigenvalue weighted by Gasteiger charge is -2.09. The SMILES string of the molecule is CCOC(=O)/C=C(\C)NNC(=O)c1ccc(NC(=O)CC)cc1. The number of rotatable bonds is 7. The van der Waals surface area contributed by atoms with Gasteiger partial charge >= 0.3 is 5.97 Å². The van der Waals surface area contributed by atoms with E-state index in [0.29, 0.717) is 23.4 Å². The van der Waals surface area contributed by atoms with Crippen molar-refractivity contribution in [2.45, 2.75) is 27.2 Å². The van der Waals surface area contributed by atoms with Crippen molar-refractivity contribution in [2.24, 2.45) is 0 Å². The Kier molecular flexibility index (Phi) is 7.32. The van der Waals surface area contributed by atoms with Crippen molar-refractivity contribution < 1.29 is 19.1 Å². The van der Waals surface area contributed by atoms with Crippen molar-refractivity contribution >= 4 is 23.5 Å². The van der Waals surface area contributed by atoms with Crippen molar-refractivity contribution in [3.63, 3.8) is 0 Å². The summed E-state index contributed by atoms with van der Waals surface area (Å²) < 4.78 is 4.76. The summed E-state index contributed by atoms with van der Waals surface area (Å²) >= 11 is 0. The molecule has 0 heterocycles. The Hall–Kier alpha value is -2.83. The zero-order valence-corrected chi connectivity index (χ0v) is 13.4. The Morgan fingerprint density at radius 2 is 1.74 bits per heavy atom. The standard InChI is InChI=1S/C16H21N3O4/c1-4-14(20)17-13-8-6-12(7-9-13)16(22)19-18-11(3)10-15(21)23-5-2/h6-10,18H,4-5H2,1-3H3,(H,17,20)(H,19,22)/b11-10+. The largest absolute Gasteiger partial charge is 0.463 e. The fraction of sp³-hybridized carbons (Fsp3) is 0.312. The average molecular weight is 319 g/mol. The van der Waals surface area contributed by atoms with Crippen molar-refractivity contribution in [3.05, 3.63) is 41.6 Å². The zero-order chi connectivity index (χ0) is 17.2. The maximum Gasteiger partial charge on any atom is 0.332 e. The number of carbonyl (C=O) groups excluding carboxylic acids is 3. The Morgan fingerprint density at radius 3 is 2.30 bits per heavy atom. The van der Waals surface area contributed by atoms with Crippen molar-refractivity contribution in [1.29, 1.82) is 0 Å². The van der Waals surface area contributed by atoms with Crippen LogP contribution in [0.5, 0.6) is 0 Å². The quantitative estimate of drug-likeness (QED) is 0.404. The molecule has 0 aliphatic rings. The van der Waals surface area contributed by atoms with Gasteiger partial charge < -0.3 is 15.5 Å². The van der Waals surface area contributed by atoms with E-state index in [9.17, 15) is 14.4 Å². The summed E-state index contributed by atoms with van der Waals surface area (Å²) in [5.74, 6) is -0.943. The molecular weight excluding hydrogens is 298 g/mol. The number of carbonyl (C=O) groups is 3. The molecule has 0 fully saturated rings. The maximum absolute atomic E-state index is 11.9. The number of esters is 1. The fourth-order valence-corrected chi connectivity index (χ4v) is 1.58. The van der Waals surface area contributed by atoms with Crippen LogP contribution in [-0.4, -0.2) is 24.4 Å². The molecule has 23 heavy (non-hydrogen) atoms. The molecule has 124 valence electrons. The van der Waals surface area contributed by atoms with E-state index in [1.165, 1.54) is 6.08 Å². The van der Waals surface area contributed by atoms with Gasteiger partial charge in [0.1, 0.15) is 0 Å². The van der Waals surface area contributed by atoms with Gasteiger partial charge in [-0.25, -0.2) is 4.79 Å². The Balaban J connectivity index is 2.55. The molecule has 1 aromatic rings. The second kappa shape index (κ2) is 9.24. The molecule has 1 rings (SSSR count). The molecule has 0 saturated carbocycles. The molecule has 3 N–H and O–H groups in total. The summed E-state index contributed by atoms with van der Waals surface area (Å²) in [4.78, 5) is 34.4. The summed E-state index contributed by atoms with van der Waals surface area (Å²) in [7, 11) is 0. The highest BCUT2D eigenvalue weighted by Crippen LogP contribution is 2.09. The Labute approximate surface area is 135 Å². The lowest BCUT2D eigenvalue weighted by molar-refractivity contribution is -0.137. The number of anilines is 1. The summed E-state index contributed by atoms with van der Waals surface area (Å²) in [6, 6.07) is 6.47. The summed E-state index contributed by atoms with van der Waals surface area (Å²) in [5.41, 5.74) is 6.57. The molecule has 0 bridgehead atoms. The van der Waals surface area contributed by atoms with Crippen LogP contribution < -0.4 is 16.2 Å². The van der Waals surface area contributed by atoms with E-state index in [4.69, 9.17) is 4.74 Å². The van der Waals surface area contributed by atoms with Gasteiger partial charge in [-0.3, -0.25) is 15.0 Å². The molecule has 0 aromatic heterocycles. The van der Waals surface area contributed by atoms with Gasteiger partial charge in [0.15, 0.2) is 0 Å². The van der Waals surface area contributed by atoms with Gasteiger partial charge in [-0.05, 0) is 38.1 Å². The van der Waals surface area contributed by atoms with Crippen LogP contribution in [-0.2, 0) is 14.3 Å². The van der Waals surface area contributed by atoms with Crippen LogP contribution in [0.4, 0.5) is 5.69 Å². The van der Waals surface area contributed by atoms with E-state index in [0.717, 1.165) is 0 Å². The highest BCUT2D eigenvalue weighted by molar-refractivity contribution is 5.95. The molecule has 0 unspecified atom stereocenters. The maximum atomic E-state index is 11.9. The third kappa shape index (κ3) is 6.64. The number of hydrogen-bond donors (Lipinski definition) is 3. The minimum Gasteiger partial charge on any atom is -0.463 e. The molecule has 7 nitrogen and oxygen atoms in total. The van der Waals surface area contributed by atoms with Crippen LogP contribution >= 0.6 is 0 Å². The molecule has 7 heteroatoms. The molecule has 0 aliphatic heterocycles. The first kappa shape index (κ1) is 18.2. The third-order valence-corrected chi connectivity index (χ3v) is 2.75. The fourth-order valence-electron chi connectivity index (χ4n) is 1.58. The summed E-state index contributed by atoms with van der Waals surface area (Å²) in [6.07, 6.45) is 1.63. The smallest absolute Gasteiger partial charge is 0.332 e. The van der Waals surface area contributed by atoms with Gasteiger partial charge in [0, 0.05) is 29.4 Å². The number of nitrogens with one attached hydrogen (secondary N) is 3. The van der Waals surface area contributed by atoms with Crippen LogP contribution in [0.1, 0.15) is 37.6 Å². The first-order chi connectivity index (χ1) is 11.0. The second-order valence-corrected chi connectivity index (χ2v) is 4.64. The van der Waals surface area contributed by atoms with Crippen LogP contribution in [0.3, 0.4) is 0 Å². The predicted molar refractivity (Wildman–Crippen MR) is 86.4 cm³/mol. The van der Waals surface area contributed by atoms with Gasteiger partial charge in [0.25, 0.3) is 5.91 Å². The van der Waals surface area contributed by atoms with Gasteiger partial charge in [-0.1, -0.05) is 6.92 Å². The number of hydrogen-bond acceptors (Lipinski definition) is 5. The van der Waals surface area contributed by atoms with Crippen LogP contribution in [0.2, 0.25) is 0 Å². The van der Waals surface area contributed by atoms with E-state index in [2.05, 4.69) is 16.2 Å². The highest BCUT2D eigenvalue weighted by atomic mass is 16.5. The summed E-state index contributed by atoms with van der Waals surface area (Å²) in [5, 5.41) is 2.69. The molecule has 0 radical (unpaired) electrons. The Morgan fingerprint density at radius 1 is 1.09 bits per heavy atom. The van der Waals surface area contributed by atoms with E-state index in [1.807, 2.05) is 0 Å². The zero-order valence-electron chi connectivity index (χ0n) is 13.4. The van der Waals surface area contributed by atoms with Crippen LogP contribution in [0.15, 0.2) is 36.0 Å². The third-order valence-electron chi connectivity index (χ3n) is 2.75. The minimum atomic E-state index is -0.484. The normalized spacial score (nSPS) is 10.7. The topological polar surface area (TPSA) is 96.5 Å². The molecular formula is C16H21N3O4. The molecule has 0 saturated heterocycles. The number of hydrazine groups is 1. The Bertz CT molecular complexity index is 594. The molecule has 2 amide bonds. The van der Waals surface area contributed by atoms with Gasteiger partial charge in [-0.15, -0.1) is 0 Å². The number of allylic oxidation sites excluding steroid dienone is 1. The van der Waals surface area contributed by atoms with Crippen molar-refractivity contribution in [1.82, 2.24) is 10.9 Å². The first-order valence-corrected chi connectivity index (χ1v) is 7.27. The highest BCUT2D eigenvalue weighted by Gasteiger charge is 2.06. The second-order valence-electron chi connectivity index (χ2n) is 4.64. The lowest BCUT2D eigenvalue weighted by Crippen LogP contribution is -2.36. The van der Waals surface area contributed by atoms with E-state index in [1.54, 1.807) is 45.0 Å². The molecule has 1 aromatic carbocycles. The number of ether oxygens (including phenoxy) is 1. The first-order valence-electron chi connectivity index (χ1n) is 7.27. The monoisotopic (exact) mass is 319 g/mol. The van der Waals surface area contributed by atoms with Crippen LogP contribution in [0, 0.1) is 0 Å². The van der Waals surface area contributed by atoms with E-state index >= 15 is 0 Å². The molecule has 0 spiro atoms. The predicted octanol–water partition coefficient (Wildman–Crippen LogP) is 1.74. The lowest BCUT2D eigenvalue weighted by atomic mass is 10.2.